The monoisotopic (exact) mass is 301 g/mol. The van der Waals surface area contributed by atoms with Crippen LogP contribution in [0.3, 0.4) is 0 Å². The summed E-state index contributed by atoms with van der Waals surface area (Å²) in [7, 11) is 0. The van der Waals surface area contributed by atoms with E-state index in [2.05, 4.69) is 5.32 Å². The number of nitrogens with one attached hydrogen (secondary N) is 1. The molecule has 0 aromatic heterocycles. The van der Waals surface area contributed by atoms with Crippen LogP contribution < -0.4 is 16.0 Å². The second-order valence-corrected chi connectivity index (χ2v) is 6.62. The number of nitrogens with two attached hydrogens (primary N) is 1. The van der Waals surface area contributed by atoms with Crippen molar-refractivity contribution in [1.29, 1.82) is 0 Å². The molecule has 118 valence electrons. The largest absolute Gasteiger partial charge is 0.325 e. The van der Waals surface area contributed by atoms with Crippen LogP contribution in [0, 0.1) is 11.8 Å². The minimum atomic E-state index is -0.530. The summed E-state index contributed by atoms with van der Waals surface area (Å²) in [4.78, 5) is 26.3. The maximum Gasteiger partial charge on any atom is 0.241 e. The Morgan fingerprint density at radius 2 is 2.05 bits per heavy atom. The van der Waals surface area contributed by atoms with Crippen molar-refractivity contribution in [1.82, 2.24) is 0 Å². The van der Waals surface area contributed by atoms with Crippen molar-refractivity contribution in [3.8, 4) is 0 Å². The van der Waals surface area contributed by atoms with Gasteiger partial charge in [-0.1, -0.05) is 19.9 Å². The molecule has 1 heterocycles. The number of hydrogen-bond acceptors (Lipinski definition) is 3. The van der Waals surface area contributed by atoms with Crippen LogP contribution in [-0.4, -0.2) is 24.4 Å². The molecular formula is C17H23N3O2. The van der Waals surface area contributed by atoms with E-state index < -0.39 is 6.04 Å². The van der Waals surface area contributed by atoms with Crippen LogP contribution in [0.5, 0.6) is 0 Å². The lowest BCUT2D eigenvalue weighted by atomic mass is 10.0. The van der Waals surface area contributed by atoms with Gasteiger partial charge >= 0.3 is 0 Å². The molecule has 22 heavy (non-hydrogen) atoms. The number of benzene rings is 1. The molecule has 0 spiro atoms. The van der Waals surface area contributed by atoms with Gasteiger partial charge in [-0.15, -0.1) is 0 Å². The predicted molar refractivity (Wildman–Crippen MR) is 86.7 cm³/mol. The molecule has 2 amide bonds. The summed E-state index contributed by atoms with van der Waals surface area (Å²) < 4.78 is 0. The summed E-state index contributed by atoms with van der Waals surface area (Å²) in [6, 6.07) is 5.24. The van der Waals surface area contributed by atoms with Crippen molar-refractivity contribution in [2.45, 2.75) is 39.2 Å². The van der Waals surface area contributed by atoms with E-state index >= 15 is 0 Å². The van der Waals surface area contributed by atoms with Crippen molar-refractivity contribution >= 4 is 23.2 Å². The number of rotatable bonds is 4. The lowest BCUT2D eigenvalue weighted by Gasteiger charge is -2.19. The number of carbonyl (C=O) groups is 2. The molecule has 1 saturated carbocycles. The van der Waals surface area contributed by atoms with Crippen LogP contribution in [0.15, 0.2) is 18.2 Å². The minimum Gasteiger partial charge on any atom is -0.325 e. The summed E-state index contributed by atoms with van der Waals surface area (Å²) in [6.07, 6.45) is 2.89. The van der Waals surface area contributed by atoms with Gasteiger partial charge in [-0.2, -0.15) is 0 Å². The van der Waals surface area contributed by atoms with Gasteiger partial charge in [0, 0.05) is 23.8 Å². The van der Waals surface area contributed by atoms with E-state index in [4.69, 9.17) is 5.73 Å². The van der Waals surface area contributed by atoms with E-state index in [0.29, 0.717) is 5.69 Å². The summed E-state index contributed by atoms with van der Waals surface area (Å²) in [5.41, 5.74) is 8.68. The van der Waals surface area contributed by atoms with Gasteiger partial charge < -0.3 is 16.0 Å². The first-order valence-electron chi connectivity index (χ1n) is 7.98. The van der Waals surface area contributed by atoms with E-state index in [-0.39, 0.29) is 23.7 Å². The minimum absolute atomic E-state index is 0.0855. The number of carbonyl (C=O) groups excluding carboxylic acids is 2. The van der Waals surface area contributed by atoms with Gasteiger partial charge in [0.1, 0.15) is 0 Å². The zero-order chi connectivity index (χ0) is 15.9. The molecule has 5 heteroatoms. The topological polar surface area (TPSA) is 75.4 Å². The number of fused-ring (bicyclic) bond motifs is 1. The lowest BCUT2D eigenvalue weighted by molar-refractivity contribution is -0.120. The lowest BCUT2D eigenvalue weighted by Crippen LogP contribution is -2.39. The molecule has 1 aromatic rings. The van der Waals surface area contributed by atoms with Crippen LogP contribution in [-0.2, 0) is 16.0 Å². The Labute approximate surface area is 130 Å². The Balaban J connectivity index is 1.77. The number of nitrogens with zero attached hydrogens (tertiary/aromatic N) is 1. The molecule has 3 rings (SSSR count). The molecule has 3 N–H and O–H groups in total. The first-order valence-corrected chi connectivity index (χ1v) is 7.98. The molecule has 1 fully saturated rings. The summed E-state index contributed by atoms with van der Waals surface area (Å²) in [6.45, 7) is 4.58. The van der Waals surface area contributed by atoms with Crippen LogP contribution in [0.1, 0.15) is 32.3 Å². The maximum absolute atomic E-state index is 12.3. The molecule has 1 atom stereocenters. The first-order chi connectivity index (χ1) is 10.5. The fourth-order valence-electron chi connectivity index (χ4n) is 2.76. The number of amides is 2. The third kappa shape index (κ3) is 2.86. The van der Waals surface area contributed by atoms with Crippen LogP contribution in [0.2, 0.25) is 0 Å². The smallest absolute Gasteiger partial charge is 0.241 e. The second-order valence-electron chi connectivity index (χ2n) is 6.62. The average molecular weight is 301 g/mol. The fourth-order valence-corrected chi connectivity index (χ4v) is 2.76. The quantitative estimate of drug-likeness (QED) is 0.892. The SMILES string of the molecule is CC(C)[C@H](N)C(=O)Nc1ccc2c(c1)N(C(=O)C1CC1)CC2. The van der Waals surface area contributed by atoms with Crippen molar-refractivity contribution in [2.24, 2.45) is 17.6 Å². The van der Waals surface area contributed by atoms with Gasteiger partial charge in [0.15, 0.2) is 0 Å². The van der Waals surface area contributed by atoms with Crippen LogP contribution in [0.25, 0.3) is 0 Å². The van der Waals surface area contributed by atoms with Crippen molar-refractivity contribution in [3.05, 3.63) is 23.8 Å². The fraction of sp³-hybridized carbons (Fsp3) is 0.529. The molecule has 1 aromatic carbocycles. The Bertz CT molecular complexity index is 608. The average Bonchev–Trinajstić information content (AvgIpc) is 3.25. The van der Waals surface area contributed by atoms with Gasteiger partial charge in [0.2, 0.25) is 11.8 Å². The van der Waals surface area contributed by atoms with Crippen LogP contribution >= 0.6 is 0 Å². The highest BCUT2D eigenvalue weighted by Gasteiger charge is 2.36. The van der Waals surface area contributed by atoms with E-state index in [1.54, 1.807) is 0 Å². The summed E-state index contributed by atoms with van der Waals surface area (Å²) in [5, 5.41) is 2.86. The molecular weight excluding hydrogens is 278 g/mol. The molecule has 0 bridgehead atoms. The number of hydrogen-bond donors (Lipinski definition) is 2. The second kappa shape index (κ2) is 5.72. The zero-order valence-electron chi connectivity index (χ0n) is 13.1. The van der Waals surface area contributed by atoms with Crippen molar-refractivity contribution in [2.75, 3.05) is 16.8 Å². The maximum atomic E-state index is 12.3. The normalized spacial score (nSPS) is 18.3. The van der Waals surface area contributed by atoms with E-state index in [9.17, 15) is 9.59 Å². The van der Waals surface area contributed by atoms with Gasteiger partial charge in [0.05, 0.1) is 6.04 Å². The third-order valence-corrected chi connectivity index (χ3v) is 4.46. The van der Waals surface area contributed by atoms with Crippen LogP contribution in [0.4, 0.5) is 11.4 Å². The van der Waals surface area contributed by atoms with Gasteiger partial charge in [0.25, 0.3) is 0 Å². The highest BCUT2D eigenvalue weighted by molar-refractivity contribution is 6.00. The highest BCUT2D eigenvalue weighted by Crippen LogP contribution is 2.37. The molecule has 0 unspecified atom stereocenters. The summed E-state index contributed by atoms with van der Waals surface area (Å²) >= 11 is 0. The predicted octanol–water partition coefficient (Wildman–Crippen LogP) is 1.91. The Hall–Kier alpha value is -1.88. The standard InChI is InChI=1S/C17H23N3O2/c1-10(2)15(18)16(21)19-13-6-5-11-7-8-20(14(11)9-13)17(22)12-3-4-12/h5-6,9-10,12,15H,3-4,7-8,18H2,1-2H3,(H,19,21)/t15-/m0/s1. The van der Waals surface area contributed by atoms with Gasteiger partial charge in [-0.25, -0.2) is 0 Å². The Morgan fingerprint density at radius 1 is 1.32 bits per heavy atom. The Morgan fingerprint density at radius 3 is 2.68 bits per heavy atom. The zero-order valence-corrected chi connectivity index (χ0v) is 13.1. The van der Waals surface area contributed by atoms with E-state index in [1.807, 2.05) is 36.9 Å². The molecule has 1 aliphatic heterocycles. The Kier molecular flexibility index (Phi) is 3.91. The number of anilines is 2. The summed E-state index contributed by atoms with van der Waals surface area (Å²) in [5.74, 6) is 0.329. The van der Waals surface area contributed by atoms with E-state index in [1.165, 1.54) is 5.56 Å². The molecule has 1 aliphatic carbocycles. The van der Waals surface area contributed by atoms with Gasteiger partial charge in [-0.3, -0.25) is 9.59 Å². The molecule has 2 aliphatic rings. The van der Waals surface area contributed by atoms with Crippen molar-refractivity contribution in [3.63, 3.8) is 0 Å². The third-order valence-electron chi connectivity index (χ3n) is 4.46. The van der Waals surface area contributed by atoms with Crippen molar-refractivity contribution < 1.29 is 9.59 Å². The van der Waals surface area contributed by atoms with E-state index in [0.717, 1.165) is 31.5 Å². The molecule has 5 nitrogen and oxygen atoms in total. The molecule has 0 saturated heterocycles. The highest BCUT2D eigenvalue weighted by atomic mass is 16.2. The molecule has 0 radical (unpaired) electrons. The van der Waals surface area contributed by atoms with Gasteiger partial charge in [-0.05, 0) is 42.9 Å². The first kappa shape index (κ1) is 15.0.